The largest absolute Gasteiger partial charge is 0.359 e. The average molecular weight is 345 g/mol. The van der Waals surface area contributed by atoms with Crippen LogP contribution < -0.4 is 10.6 Å². The molecule has 138 valence electrons. The SMILES string of the molecule is CN=C(NCCc1cc(C)cc(C)c1)N1CCC(CC(=O)NC)CC1. The van der Waals surface area contributed by atoms with Gasteiger partial charge in [0.1, 0.15) is 0 Å². The molecule has 1 saturated heterocycles. The molecule has 1 amide bonds. The molecule has 0 spiro atoms. The lowest BCUT2D eigenvalue weighted by molar-refractivity contribution is -0.121. The number of benzene rings is 1. The first-order valence-electron chi connectivity index (χ1n) is 9.25. The van der Waals surface area contributed by atoms with Crippen LogP contribution in [-0.4, -0.2) is 50.5 Å². The lowest BCUT2D eigenvalue weighted by Gasteiger charge is -2.34. The highest BCUT2D eigenvalue weighted by Crippen LogP contribution is 2.20. The lowest BCUT2D eigenvalue weighted by atomic mass is 9.93. The second-order valence-corrected chi connectivity index (χ2v) is 7.03. The molecule has 25 heavy (non-hydrogen) atoms. The van der Waals surface area contributed by atoms with Crippen molar-refractivity contribution < 1.29 is 4.79 Å². The van der Waals surface area contributed by atoms with E-state index in [4.69, 9.17) is 0 Å². The van der Waals surface area contributed by atoms with Gasteiger partial charge in [0, 0.05) is 40.2 Å². The number of aryl methyl sites for hydroxylation is 2. The molecule has 0 unspecified atom stereocenters. The highest BCUT2D eigenvalue weighted by molar-refractivity contribution is 5.80. The van der Waals surface area contributed by atoms with Crippen LogP contribution in [0.5, 0.6) is 0 Å². The molecule has 1 aromatic carbocycles. The molecule has 2 N–H and O–H groups in total. The molecule has 1 aliphatic heterocycles. The van der Waals surface area contributed by atoms with Gasteiger partial charge in [0.2, 0.25) is 5.91 Å². The van der Waals surface area contributed by atoms with E-state index in [9.17, 15) is 4.79 Å². The van der Waals surface area contributed by atoms with E-state index in [-0.39, 0.29) is 5.91 Å². The molecule has 1 heterocycles. The van der Waals surface area contributed by atoms with Crippen LogP contribution in [0, 0.1) is 19.8 Å². The van der Waals surface area contributed by atoms with Crippen LogP contribution in [0.15, 0.2) is 23.2 Å². The van der Waals surface area contributed by atoms with Crippen molar-refractivity contribution >= 4 is 11.9 Å². The summed E-state index contributed by atoms with van der Waals surface area (Å²) < 4.78 is 0. The van der Waals surface area contributed by atoms with Crippen LogP contribution in [0.4, 0.5) is 0 Å². The third-order valence-electron chi connectivity index (χ3n) is 4.86. The summed E-state index contributed by atoms with van der Waals surface area (Å²) in [5.74, 6) is 1.61. The number of rotatable bonds is 5. The van der Waals surface area contributed by atoms with Crippen molar-refractivity contribution in [2.24, 2.45) is 10.9 Å². The fourth-order valence-corrected chi connectivity index (χ4v) is 3.58. The summed E-state index contributed by atoms with van der Waals surface area (Å²) in [5, 5.41) is 6.21. The van der Waals surface area contributed by atoms with E-state index in [0.29, 0.717) is 12.3 Å². The Morgan fingerprint density at radius 1 is 1.20 bits per heavy atom. The number of nitrogens with one attached hydrogen (secondary N) is 2. The normalized spacial score (nSPS) is 16.0. The van der Waals surface area contributed by atoms with Gasteiger partial charge in [-0.1, -0.05) is 29.3 Å². The summed E-state index contributed by atoms with van der Waals surface area (Å²) in [6.45, 7) is 7.10. The first kappa shape index (κ1) is 19.3. The van der Waals surface area contributed by atoms with Gasteiger partial charge >= 0.3 is 0 Å². The van der Waals surface area contributed by atoms with Gasteiger partial charge in [0.05, 0.1) is 0 Å². The smallest absolute Gasteiger partial charge is 0.220 e. The minimum atomic E-state index is 0.148. The number of nitrogens with zero attached hydrogens (tertiary/aromatic N) is 2. The Kier molecular flexibility index (Phi) is 7.29. The first-order chi connectivity index (χ1) is 12.0. The Bertz CT molecular complexity index is 583. The average Bonchev–Trinajstić information content (AvgIpc) is 2.59. The molecule has 0 bridgehead atoms. The van der Waals surface area contributed by atoms with Gasteiger partial charge in [0.25, 0.3) is 0 Å². The van der Waals surface area contributed by atoms with Crippen LogP contribution in [0.25, 0.3) is 0 Å². The maximum Gasteiger partial charge on any atom is 0.220 e. The number of hydrogen-bond acceptors (Lipinski definition) is 2. The Hall–Kier alpha value is -2.04. The molecule has 5 heteroatoms. The summed E-state index contributed by atoms with van der Waals surface area (Å²) >= 11 is 0. The maximum absolute atomic E-state index is 11.5. The maximum atomic E-state index is 11.5. The van der Waals surface area contributed by atoms with E-state index in [2.05, 4.69) is 52.6 Å². The van der Waals surface area contributed by atoms with Crippen molar-refractivity contribution in [3.8, 4) is 0 Å². The van der Waals surface area contributed by atoms with Crippen molar-refractivity contribution in [3.63, 3.8) is 0 Å². The Balaban J connectivity index is 1.78. The zero-order chi connectivity index (χ0) is 18.2. The number of aliphatic imine (C=N–C) groups is 1. The summed E-state index contributed by atoms with van der Waals surface area (Å²) in [7, 11) is 3.55. The van der Waals surface area contributed by atoms with Crippen molar-refractivity contribution in [3.05, 3.63) is 34.9 Å². The standard InChI is InChI=1S/C20H32N4O/c1-15-11-16(2)13-18(12-15)5-8-23-20(22-4)24-9-6-17(7-10-24)14-19(25)21-3/h11-13,17H,5-10,14H2,1-4H3,(H,21,25)(H,22,23). The number of piperidine rings is 1. The number of hydrogen-bond donors (Lipinski definition) is 2. The number of carbonyl (C=O) groups excluding carboxylic acids is 1. The van der Waals surface area contributed by atoms with Crippen molar-refractivity contribution in [1.29, 1.82) is 0 Å². The summed E-state index contributed by atoms with van der Waals surface area (Å²) in [4.78, 5) is 18.3. The number of guanidine groups is 1. The second-order valence-electron chi connectivity index (χ2n) is 7.03. The predicted molar refractivity (Wildman–Crippen MR) is 104 cm³/mol. The molecule has 1 aliphatic rings. The van der Waals surface area contributed by atoms with E-state index in [0.717, 1.165) is 44.9 Å². The van der Waals surface area contributed by atoms with Crippen molar-refractivity contribution in [2.45, 2.75) is 39.5 Å². The minimum Gasteiger partial charge on any atom is -0.359 e. The van der Waals surface area contributed by atoms with Gasteiger partial charge in [-0.05, 0) is 44.6 Å². The number of amides is 1. The zero-order valence-corrected chi connectivity index (χ0v) is 16.1. The van der Waals surface area contributed by atoms with Crippen LogP contribution >= 0.6 is 0 Å². The summed E-state index contributed by atoms with van der Waals surface area (Å²) in [5.41, 5.74) is 4.00. The monoisotopic (exact) mass is 344 g/mol. The van der Waals surface area contributed by atoms with Gasteiger partial charge in [-0.15, -0.1) is 0 Å². The molecule has 1 aromatic rings. The van der Waals surface area contributed by atoms with Crippen LogP contribution in [0.2, 0.25) is 0 Å². The molecule has 2 rings (SSSR count). The Morgan fingerprint density at radius 2 is 1.84 bits per heavy atom. The van der Waals surface area contributed by atoms with E-state index < -0.39 is 0 Å². The molecular formula is C20H32N4O. The predicted octanol–water partition coefficient (Wildman–Crippen LogP) is 2.27. The van der Waals surface area contributed by atoms with E-state index >= 15 is 0 Å². The quantitative estimate of drug-likeness (QED) is 0.636. The lowest BCUT2D eigenvalue weighted by Crippen LogP contribution is -2.46. The molecule has 0 radical (unpaired) electrons. The molecule has 0 saturated carbocycles. The van der Waals surface area contributed by atoms with Gasteiger partial charge in [0.15, 0.2) is 5.96 Å². The fourth-order valence-electron chi connectivity index (χ4n) is 3.58. The van der Waals surface area contributed by atoms with Crippen molar-refractivity contribution in [2.75, 3.05) is 33.7 Å². The number of carbonyl (C=O) groups is 1. The second kappa shape index (κ2) is 9.44. The fraction of sp³-hybridized carbons (Fsp3) is 0.600. The highest BCUT2D eigenvalue weighted by atomic mass is 16.1. The molecular weight excluding hydrogens is 312 g/mol. The van der Waals surface area contributed by atoms with E-state index in [1.165, 1.54) is 16.7 Å². The van der Waals surface area contributed by atoms with Gasteiger partial charge in [-0.2, -0.15) is 0 Å². The molecule has 5 nitrogen and oxygen atoms in total. The van der Waals surface area contributed by atoms with Crippen LogP contribution in [0.3, 0.4) is 0 Å². The Morgan fingerprint density at radius 3 is 2.40 bits per heavy atom. The van der Waals surface area contributed by atoms with E-state index in [1.54, 1.807) is 7.05 Å². The minimum absolute atomic E-state index is 0.148. The third-order valence-corrected chi connectivity index (χ3v) is 4.86. The zero-order valence-electron chi connectivity index (χ0n) is 16.1. The Labute approximate surface area is 151 Å². The molecule has 0 aliphatic carbocycles. The highest BCUT2D eigenvalue weighted by Gasteiger charge is 2.22. The summed E-state index contributed by atoms with van der Waals surface area (Å²) in [6, 6.07) is 6.71. The summed E-state index contributed by atoms with van der Waals surface area (Å²) in [6.07, 6.45) is 3.73. The number of likely N-dealkylation sites (tertiary alicyclic amines) is 1. The van der Waals surface area contributed by atoms with Crippen molar-refractivity contribution in [1.82, 2.24) is 15.5 Å². The van der Waals surface area contributed by atoms with E-state index in [1.807, 2.05) is 7.05 Å². The first-order valence-corrected chi connectivity index (χ1v) is 9.25. The van der Waals surface area contributed by atoms with Gasteiger partial charge in [-0.3, -0.25) is 9.79 Å². The van der Waals surface area contributed by atoms with Crippen LogP contribution in [0.1, 0.15) is 36.0 Å². The molecule has 1 fully saturated rings. The van der Waals surface area contributed by atoms with Gasteiger partial charge < -0.3 is 15.5 Å². The van der Waals surface area contributed by atoms with Crippen LogP contribution in [-0.2, 0) is 11.2 Å². The molecule has 0 aromatic heterocycles. The molecule has 0 atom stereocenters. The third kappa shape index (κ3) is 6.07. The topological polar surface area (TPSA) is 56.7 Å². The van der Waals surface area contributed by atoms with Gasteiger partial charge in [-0.25, -0.2) is 0 Å².